The first-order valence-corrected chi connectivity index (χ1v) is 9.45. The number of carboxylic acid groups (broad SMARTS) is 1. The molecule has 0 radical (unpaired) electrons. The molecule has 9 heteroatoms. The molecular formula is C17H17ClN3O4S-. The molecule has 0 aliphatic heterocycles. The summed E-state index contributed by atoms with van der Waals surface area (Å²) in [6, 6.07) is 6.94. The van der Waals surface area contributed by atoms with Crippen LogP contribution in [-0.2, 0) is 16.2 Å². The molecule has 0 spiro atoms. The average Bonchev–Trinajstić information content (AvgIpc) is 3.08. The van der Waals surface area contributed by atoms with Gasteiger partial charge in [-0.15, -0.1) is 10.2 Å². The number of carbonyl (C=O) groups excluding carboxylic acids is 2. The molecule has 0 unspecified atom stereocenters. The Morgan fingerprint density at radius 2 is 1.88 bits per heavy atom. The molecule has 1 aromatic heterocycles. The summed E-state index contributed by atoms with van der Waals surface area (Å²) in [6.07, 6.45) is 2.64. The standard InChI is InChI=1S/C17H18ClN3O4S/c18-10-5-7-11(8-6-10)25-9-14-20-21-17(26-14)19-15(22)12-3-1-2-4-13(12)16(23)24/h5-8,12-13H,1-4,9H2,(H,23,24)(H,19,21,22)/p-1/t12-,13-/m0/s1. The van der Waals surface area contributed by atoms with Gasteiger partial charge >= 0.3 is 0 Å². The van der Waals surface area contributed by atoms with Gasteiger partial charge in [0.2, 0.25) is 11.0 Å². The number of nitrogens with zero attached hydrogens (tertiary/aromatic N) is 2. The quantitative estimate of drug-likeness (QED) is 0.805. The molecule has 26 heavy (non-hydrogen) atoms. The zero-order chi connectivity index (χ0) is 18.5. The molecule has 0 bridgehead atoms. The number of halogens is 1. The number of anilines is 1. The first kappa shape index (κ1) is 18.6. The zero-order valence-corrected chi connectivity index (χ0v) is 15.4. The highest BCUT2D eigenvalue weighted by molar-refractivity contribution is 7.15. The molecule has 1 amide bonds. The SMILES string of the molecule is O=C([O-])[C@H]1CCCC[C@@H]1C(=O)Nc1nnc(COc2ccc(Cl)cc2)s1. The number of carbonyl (C=O) groups is 2. The van der Waals surface area contributed by atoms with Crippen molar-refractivity contribution in [3.8, 4) is 5.75 Å². The molecule has 2 aromatic rings. The third-order valence-corrected chi connectivity index (χ3v) is 5.34. The Hall–Kier alpha value is -2.19. The third kappa shape index (κ3) is 4.70. The van der Waals surface area contributed by atoms with E-state index in [1.807, 2.05) is 0 Å². The molecule has 0 saturated heterocycles. The maximum absolute atomic E-state index is 12.4. The highest BCUT2D eigenvalue weighted by Gasteiger charge is 2.32. The second-order valence-electron chi connectivity index (χ2n) is 6.05. The summed E-state index contributed by atoms with van der Waals surface area (Å²) in [5.41, 5.74) is 0. The van der Waals surface area contributed by atoms with Crippen molar-refractivity contribution in [2.24, 2.45) is 11.8 Å². The van der Waals surface area contributed by atoms with Crippen molar-refractivity contribution >= 4 is 39.9 Å². The van der Waals surface area contributed by atoms with Gasteiger partial charge in [-0.2, -0.15) is 0 Å². The number of amides is 1. The van der Waals surface area contributed by atoms with E-state index in [1.54, 1.807) is 24.3 Å². The van der Waals surface area contributed by atoms with Crippen molar-refractivity contribution in [3.63, 3.8) is 0 Å². The van der Waals surface area contributed by atoms with Crippen LogP contribution >= 0.6 is 22.9 Å². The molecule has 1 fully saturated rings. The van der Waals surface area contributed by atoms with E-state index in [0.717, 1.165) is 12.8 Å². The van der Waals surface area contributed by atoms with Gasteiger partial charge in [-0.3, -0.25) is 4.79 Å². The lowest BCUT2D eigenvalue weighted by molar-refractivity contribution is -0.313. The topological polar surface area (TPSA) is 104 Å². The molecule has 2 atom stereocenters. The predicted octanol–water partition coefficient (Wildman–Crippen LogP) is 2.27. The molecule has 3 rings (SSSR count). The van der Waals surface area contributed by atoms with Crippen LogP contribution in [0.15, 0.2) is 24.3 Å². The monoisotopic (exact) mass is 394 g/mol. The lowest BCUT2D eigenvalue weighted by Crippen LogP contribution is -2.42. The Kier molecular flexibility index (Phi) is 6.05. The second-order valence-corrected chi connectivity index (χ2v) is 7.55. The van der Waals surface area contributed by atoms with Gasteiger partial charge < -0.3 is 20.0 Å². The van der Waals surface area contributed by atoms with Crippen molar-refractivity contribution in [2.75, 3.05) is 5.32 Å². The number of aromatic nitrogens is 2. The van der Waals surface area contributed by atoms with Crippen LogP contribution < -0.4 is 15.2 Å². The Morgan fingerprint density at radius 1 is 1.19 bits per heavy atom. The van der Waals surface area contributed by atoms with Gasteiger partial charge in [0.1, 0.15) is 12.4 Å². The predicted molar refractivity (Wildman–Crippen MR) is 94.8 cm³/mol. The molecule has 1 saturated carbocycles. The van der Waals surface area contributed by atoms with Crippen molar-refractivity contribution in [1.29, 1.82) is 0 Å². The fourth-order valence-electron chi connectivity index (χ4n) is 2.96. The number of rotatable bonds is 6. The molecule has 138 valence electrons. The highest BCUT2D eigenvalue weighted by atomic mass is 35.5. The summed E-state index contributed by atoms with van der Waals surface area (Å²) < 4.78 is 5.58. The van der Waals surface area contributed by atoms with Gasteiger partial charge in [-0.25, -0.2) is 0 Å². The van der Waals surface area contributed by atoms with Gasteiger partial charge in [-0.1, -0.05) is 35.8 Å². The van der Waals surface area contributed by atoms with E-state index in [4.69, 9.17) is 16.3 Å². The fraction of sp³-hybridized carbons (Fsp3) is 0.412. The van der Waals surface area contributed by atoms with Crippen LogP contribution in [0.1, 0.15) is 30.7 Å². The van der Waals surface area contributed by atoms with E-state index in [1.165, 1.54) is 11.3 Å². The van der Waals surface area contributed by atoms with Gasteiger partial charge in [-0.05, 0) is 37.1 Å². The largest absolute Gasteiger partial charge is 0.550 e. The number of ether oxygens (including phenoxy) is 1. The molecule has 1 aromatic carbocycles. The number of benzene rings is 1. The smallest absolute Gasteiger partial charge is 0.229 e. The normalized spacial score (nSPS) is 19.7. The van der Waals surface area contributed by atoms with E-state index in [0.29, 0.717) is 33.8 Å². The fourth-order valence-corrected chi connectivity index (χ4v) is 3.75. The Balaban J connectivity index is 1.56. The van der Waals surface area contributed by atoms with Crippen LogP contribution in [0, 0.1) is 11.8 Å². The zero-order valence-electron chi connectivity index (χ0n) is 13.8. The summed E-state index contributed by atoms with van der Waals surface area (Å²) in [5, 5.41) is 23.3. The lowest BCUT2D eigenvalue weighted by atomic mass is 9.79. The van der Waals surface area contributed by atoms with E-state index < -0.39 is 17.8 Å². The van der Waals surface area contributed by atoms with E-state index in [-0.39, 0.29) is 12.5 Å². The minimum atomic E-state index is -1.17. The number of aliphatic carboxylic acids is 1. The molecule has 1 aliphatic rings. The Labute approximate surface area is 159 Å². The van der Waals surface area contributed by atoms with Crippen LogP contribution in [0.4, 0.5) is 5.13 Å². The van der Waals surface area contributed by atoms with Gasteiger partial charge in [0.15, 0.2) is 5.01 Å². The summed E-state index contributed by atoms with van der Waals surface area (Å²) >= 11 is 7.01. The van der Waals surface area contributed by atoms with Crippen molar-refractivity contribution < 1.29 is 19.4 Å². The van der Waals surface area contributed by atoms with Crippen LogP contribution in [0.25, 0.3) is 0 Å². The molecule has 1 heterocycles. The first-order valence-electron chi connectivity index (χ1n) is 8.25. The van der Waals surface area contributed by atoms with Gasteiger partial charge in [0.25, 0.3) is 0 Å². The maximum atomic E-state index is 12.4. The van der Waals surface area contributed by atoms with Gasteiger partial charge in [0, 0.05) is 22.8 Å². The maximum Gasteiger partial charge on any atom is 0.229 e. The summed E-state index contributed by atoms with van der Waals surface area (Å²) in [5.74, 6) is -2.20. The van der Waals surface area contributed by atoms with E-state index >= 15 is 0 Å². The van der Waals surface area contributed by atoms with Crippen LogP contribution in [-0.4, -0.2) is 22.1 Å². The van der Waals surface area contributed by atoms with Crippen LogP contribution in [0.2, 0.25) is 5.02 Å². The Bertz CT molecular complexity index is 781. The number of nitrogens with one attached hydrogen (secondary N) is 1. The van der Waals surface area contributed by atoms with E-state index in [2.05, 4.69) is 15.5 Å². The van der Waals surface area contributed by atoms with Crippen molar-refractivity contribution in [3.05, 3.63) is 34.3 Å². The minimum Gasteiger partial charge on any atom is -0.550 e. The summed E-state index contributed by atoms with van der Waals surface area (Å²) in [6.45, 7) is 0.209. The van der Waals surface area contributed by atoms with Gasteiger partial charge in [0.05, 0.1) is 0 Å². The molecule has 7 nitrogen and oxygen atoms in total. The van der Waals surface area contributed by atoms with Crippen molar-refractivity contribution in [1.82, 2.24) is 10.2 Å². The number of carboxylic acids is 1. The third-order valence-electron chi connectivity index (χ3n) is 4.28. The highest BCUT2D eigenvalue weighted by Crippen LogP contribution is 2.31. The number of hydrogen-bond acceptors (Lipinski definition) is 7. The second kappa shape index (κ2) is 8.46. The minimum absolute atomic E-state index is 0.209. The lowest BCUT2D eigenvalue weighted by Gasteiger charge is -2.30. The molecular weight excluding hydrogens is 378 g/mol. The Morgan fingerprint density at radius 3 is 2.58 bits per heavy atom. The summed E-state index contributed by atoms with van der Waals surface area (Å²) in [4.78, 5) is 23.6. The molecule has 1 N–H and O–H groups in total. The van der Waals surface area contributed by atoms with Crippen LogP contribution in [0.3, 0.4) is 0 Å². The van der Waals surface area contributed by atoms with Crippen LogP contribution in [0.5, 0.6) is 5.75 Å². The average molecular weight is 395 g/mol. The van der Waals surface area contributed by atoms with Crippen molar-refractivity contribution in [2.45, 2.75) is 32.3 Å². The first-order chi connectivity index (χ1) is 12.5. The summed E-state index contributed by atoms with van der Waals surface area (Å²) in [7, 11) is 0. The number of hydrogen-bond donors (Lipinski definition) is 1. The molecule has 1 aliphatic carbocycles. The van der Waals surface area contributed by atoms with E-state index in [9.17, 15) is 14.7 Å².